The molecule has 0 spiro atoms. The summed E-state index contributed by atoms with van der Waals surface area (Å²) in [7, 11) is 0. The molecule has 2 fully saturated rings. The van der Waals surface area contributed by atoms with Crippen molar-refractivity contribution in [3.8, 4) is 0 Å². The first-order valence-corrected chi connectivity index (χ1v) is 8.42. The van der Waals surface area contributed by atoms with Crippen LogP contribution < -0.4 is 21.5 Å². The third kappa shape index (κ3) is 2.96. The zero-order chi connectivity index (χ0) is 16.7. The lowest BCUT2D eigenvalue weighted by Gasteiger charge is -2.40. The number of hydrogen-bond acceptors (Lipinski definition) is 7. The van der Waals surface area contributed by atoms with Crippen molar-refractivity contribution in [3.05, 3.63) is 28.5 Å². The maximum Gasteiger partial charge on any atom is 0.342 e. The Balaban J connectivity index is 1.43. The van der Waals surface area contributed by atoms with Gasteiger partial charge in [0.1, 0.15) is 5.82 Å². The molecule has 130 valence electrons. The number of fused-ring (bicyclic) bond motifs is 1. The highest BCUT2D eigenvalue weighted by atomic mass is 35.5. The first kappa shape index (κ1) is 16.0. The average Bonchev–Trinajstić information content (AvgIpc) is 3.11. The van der Waals surface area contributed by atoms with Gasteiger partial charge in [0.2, 0.25) is 0 Å². The minimum atomic E-state index is -0.632. The summed E-state index contributed by atoms with van der Waals surface area (Å²) < 4.78 is 18.9. The van der Waals surface area contributed by atoms with Gasteiger partial charge in [-0.15, -0.1) is 0 Å². The number of nitrogens with zero attached hydrogens (tertiary/aromatic N) is 1. The fourth-order valence-corrected chi connectivity index (χ4v) is 3.52. The fourth-order valence-electron chi connectivity index (χ4n) is 3.36. The summed E-state index contributed by atoms with van der Waals surface area (Å²) in [6, 6.07) is 2.44. The third-order valence-corrected chi connectivity index (χ3v) is 4.99. The van der Waals surface area contributed by atoms with Crippen molar-refractivity contribution >= 4 is 23.3 Å². The number of benzene rings is 1. The first-order valence-electron chi connectivity index (χ1n) is 8.04. The molecule has 3 unspecified atom stereocenters. The SMILES string of the molecule is O=C1OC(C2CCC(N3CCNC3)NN2)Nc2cc(Cl)c(F)cc21. The number of nitrogens with one attached hydrogen (secondary N) is 4. The molecule has 0 bridgehead atoms. The van der Waals surface area contributed by atoms with Gasteiger partial charge in [-0.2, -0.15) is 0 Å². The summed E-state index contributed by atoms with van der Waals surface area (Å²) in [6.07, 6.45) is 1.50. The van der Waals surface area contributed by atoms with E-state index in [9.17, 15) is 9.18 Å². The van der Waals surface area contributed by atoms with Crippen molar-refractivity contribution < 1.29 is 13.9 Å². The second-order valence-corrected chi connectivity index (χ2v) is 6.65. The topological polar surface area (TPSA) is 77.7 Å². The second-order valence-electron chi connectivity index (χ2n) is 6.24. The lowest BCUT2D eigenvalue weighted by atomic mass is 10.0. The number of hydrogen-bond donors (Lipinski definition) is 4. The average molecular weight is 356 g/mol. The zero-order valence-electron chi connectivity index (χ0n) is 12.9. The lowest BCUT2D eigenvalue weighted by molar-refractivity contribution is 0.0119. The Bertz CT molecular complexity index is 647. The highest BCUT2D eigenvalue weighted by Crippen LogP contribution is 2.30. The summed E-state index contributed by atoms with van der Waals surface area (Å²) in [4.78, 5) is 14.5. The molecule has 7 nitrogen and oxygen atoms in total. The maximum absolute atomic E-state index is 13.5. The van der Waals surface area contributed by atoms with Crippen molar-refractivity contribution in [2.75, 3.05) is 25.1 Å². The number of rotatable bonds is 2. The van der Waals surface area contributed by atoms with Gasteiger partial charge in [-0.05, 0) is 25.0 Å². The van der Waals surface area contributed by atoms with Gasteiger partial charge in [-0.3, -0.25) is 4.90 Å². The summed E-state index contributed by atoms with van der Waals surface area (Å²) in [5.74, 6) is -1.18. The van der Waals surface area contributed by atoms with Crippen LogP contribution >= 0.6 is 11.6 Å². The van der Waals surface area contributed by atoms with Gasteiger partial charge in [-0.1, -0.05) is 11.6 Å². The molecule has 3 aliphatic rings. The summed E-state index contributed by atoms with van der Waals surface area (Å²) >= 11 is 5.81. The van der Waals surface area contributed by atoms with Crippen molar-refractivity contribution in [3.63, 3.8) is 0 Å². The molecule has 3 aliphatic heterocycles. The number of hydrazine groups is 1. The molecule has 2 saturated heterocycles. The van der Waals surface area contributed by atoms with E-state index < -0.39 is 18.0 Å². The second kappa shape index (κ2) is 6.45. The van der Waals surface area contributed by atoms with Gasteiger partial charge >= 0.3 is 5.97 Å². The predicted molar refractivity (Wildman–Crippen MR) is 86.9 cm³/mol. The number of carbonyl (C=O) groups is 1. The number of ether oxygens (including phenoxy) is 1. The molecule has 0 aliphatic carbocycles. The van der Waals surface area contributed by atoms with Crippen molar-refractivity contribution in [2.24, 2.45) is 0 Å². The van der Waals surface area contributed by atoms with E-state index in [1.165, 1.54) is 6.07 Å². The molecule has 0 aromatic heterocycles. The van der Waals surface area contributed by atoms with Crippen LogP contribution in [-0.4, -0.2) is 49.1 Å². The van der Waals surface area contributed by atoms with Crippen LogP contribution in [0.15, 0.2) is 12.1 Å². The third-order valence-electron chi connectivity index (χ3n) is 4.70. The molecule has 1 aromatic rings. The van der Waals surface area contributed by atoms with Crippen LogP contribution in [0.5, 0.6) is 0 Å². The van der Waals surface area contributed by atoms with E-state index in [0.29, 0.717) is 5.69 Å². The van der Waals surface area contributed by atoms with Crippen LogP contribution in [0.3, 0.4) is 0 Å². The zero-order valence-corrected chi connectivity index (χ0v) is 13.7. The van der Waals surface area contributed by atoms with Gasteiger partial charge in [0.05, 0.1) is 28.5 Å². The van der Waals surface area contributed by atoms with Gasteiger partial charge < -0.3 is 15.4 Å². The van der Waals surface area contributed by atoms with Gasteiger partial charge in [0.15, 0.2) is 6.23 Å². The summed E-state index contributed by atoms with van der Waals surface area (Å²) in [6.45, 7) is 2.88. The van der Waals surface area contributed by atoms with E-state index in [1.54, 1.807) is 0 Å². The maximum atomic E-state index is 13.5. The minimum absolute atomic E-state index is 0.0222. The summed E-state index contributed by atoms with van der Waals surface area (Å²) in [5, 5.41) is 6.41. The molecular weight excluding hydrogens is 337 g/mol. The van der Waals surface area contributed by atoms with Crippen molar-refractivity contribution in [1.82, 2.24) is 21.1 Å². The molecule has 4 rings (SSSR count). The molecule has 24 heavy (non-hydrogen) atoms. The smallest absolute Gasteiger partial charge is 0.342 e. The van der Waals surface area contributed by atoms with Crippen LogP contribution in [0.25, 0.3) is 0 Å². The molecule has 3 atom stereocenters. The molecule has 4 N–H and O–H groups in total. The Labute approximate surface area is 143 Å². The fraction of sp³-hybridized carbons (Fsp3) is 0.533. The number of anilines is 1. The van der Waals surface area contributed by atoms with Gasteiger partial charge in [-0.25, -0.2) is 20.0 Å². The number of cyclic esters (lactones) is 1. The largest absolute Gasteiger partial charge is 0.436 e. The highest BCUT2D eigenvalue weighted by Gasteiger charge is 2.36. The molecule has 1 aromatic carbocycles. The van der Waals surface area contributed by atoms with Crippen molar-refractivity contribution in [1.29, 1.82) is 0 Å². The predicted octanol–water partition coefficient (Wildman–Crippen LogP) is 0.833. The number of esters is 1. The quantitative estimate of drug-likeness (QED) is 0.585. The van der Waals surface area contributed by atoms with E-state index in [2.05, 4.69) is 26.4 Å². The minimum Gasteiger partial charge on any atom is -0.436 e. The number of carbonyl (C=O) groups excluding carboxylic acids is 1. The normalized spacial score (nSPS) is 30.6. The van der Waals surface area contributed by atoms with Crippen LogP contribution in [0.2, 0.25) is 5.02 Å². The van der Waals surface area contributed by atoms with E-state index in [-0.39, 0.29) is 22.8 Å². The molecule has 0 amide bonds. The standard InChI is InChI=1S/C15H19ClFN5O2/c16-9-6-12-8(5-10(9)17)15(23)24-14(19-12)11-1-2-13(21-20-11)22-4-3-18-7-22/h5-6,11,13-14,18-21H,1-4,7H2. The molecule has 9 heteroatoms. The summed E-state index contributed by atoms with van der Waals surface area (Å²) in [5.41, 5.74) is 7.17. The molecular formula is C15H19ClFN5O2. The number of halogens is 2. The van der Waals surface area contributed by atoms with E-state index in [0.717, 1.165) is 38.7 Å². The Morgan fingerprint density at radius 2 is 2.17 bits per heavy atom. The van der Waals surface area contributed by atoms with E-state index in [1.807, 2.05) is 0 Å². The Hall–Kier alpha value is -1.45. The van der Waals surface area contributed by atoms with Crippen LogP contribution in [0.1, 0.15) is 23.2 Å². The van der Waals surface area contributed by atoms with E-state index in [4.69, 9.17) is 16.3 Å². The van der Waals surface area contributed by atoms with Crippen molar-refractivity contribution in [2.45, 2.75) is 31.3 Å². The Morgan fingerprint density at radius 3 is 2.88 bits per heavy atom. The Morgan fingerprint density at radius 1 is 1.29 bits per heavy atom. The van der Waals surface area contributed by atoms with Gasteiger partial charge in [0, 0.05) is 19.8 Å². The van der Waals surface area contributed by atoms with Gasteiger partial charge in [0.25, 0.3) is 0 Å². The first-order chi connectivity index (χ1) is 11.6. The molecule has 3 heterocycles. The monoisotopic (exact) mass is 355 g/mol. The highest BCUT2D eigenvalue weighted by molar-refractivity contribution is 6.31. The molecule has 0 saturated carbocycles. The van der Waals surface area contributed by atoms with Crippen LogP contribution in [0.4, 0.5) is 10.1 Å². The van der Waals surface area contributed by atoms with Crippen LogP contribution in [-0.2, 0) is 4.74 Å². The molecule has 0 radical (unpaired) electrons. The van der Waals surface area contributed by atoms with Crippen LogP contribution in [0, 0.1) is 5.82 Å². The lowest BCUT2D eigenvalue weighted by Crippen LogP contribution is -2.62. The Kier molecular flexibility index (Phi) is 4.31. The van der Waals surface area contributed by atoms with E-state index >= 15 is 0 Å².